The molecule has 0 saturated carbocycles. The summed E-state index contributed by atoms with van der Waals surface area (Å²) < 4.78 is 26.9. The lowest BCUT2D eigenvalue weighted by atomic mass is 9.98. The van der Waals surface area contributed by atoms with E-state index in [0.29, 0.717) is 11.0 Å². The topological polar surface area (TPSA) is 59.1 Å². The van der Waals surface area contributed by atoms with Crippen LogP contribution in [0.15, 0.2) is 27.8 Å². The second-order valence-corrected chi connectivity index (χ2v) is 7.41. The lowest BCUT2D eigenvalue weighted by Gasteiger charge is -2.18. The van der Waals surface area contributed by atoms with E-state index in [2.05, 4.69) is 25.6 Å². The molecule has 0 amide bonds. The fraction of sp³-hybridized carbons (Fsp3) is 0.500. The molecule has 1 heterocycles. The molecule has 0 atom stereocenters. The molecule has 0 aliphatic heterocycles. The Bertz CT molecular complexity index is 466. The molecule has 0 aromatic carbocycles. The van der Waals surface area contributed by atoms with Crippen molar-refractivity contribution in [3.05, 3.63) is 22.9 Å². The van der Waals surface area contributed by atoms with Gasteiger partial charge in [0.1, 0.15) is 4.90 Å². The van der Waals surface area contributed by atoms with Crippen molar-refractivity contribution >= 4 is 26.0 Å². The van der Waals surface area contributed by atoms with Crippen LogP contribution in [0.3, 0.4) is 0 Å². The molecule has 1 aromatic heterocycles. The second kappa shape index (κ2) is 4.81. The highest BCUT2D eigenvalue weighted by molar-refractivity contribution is 9.10. The molecule has 0 unspecified atom stereocenters. The molecule has 0 aliphatic rings. The van der Waals surface area contributed by atoms with Crippen molar-refractivity contribution in [1.29, 1.82) is 0 Å². The third kappa shape index (κ3) is 4.19. The molecule has 1 rings (SSSR count). The smallest absolute Gasteiger partial charge is 0.242 e. The van der Waals surface area contributed by atoms with Gasteiger partial charge in [-0.3, -0.25) is 4.98 Å². The number of halogens is 1. The first-order valence-electron chi connectivity index (χ1n) is 4.81. The minimum Gasteiger partial charge on any atom is -0.262 e. The maximum atomic E-state index is 11.9. The van der Waals surface area contributed by atoms with E-state index in [0.717, 1.165) is 0 Å². The molecule has 16 heavy (non-hydrogen) atoms. The van der Waals surface area contributed by atoms with Crippen LogP contribution in [0.4, 0.5) is 0 Å². The van der Waals surface area contributed by atoms with Gasteiger partial charge in [-0.2, -0.15) is 0 Å². The van der Waals surface area contributed by atoms with Crippen LogP contribution >= 0.6 is 15.9 Å². The molecule has 0 aliphatic carbocycles. The van der Waals surface area contributed by atoms with Gasteiger partial charge in [0.25, 0.3) is 0 Å². The van der Waals surface area contributed by atoms with Crippen LogP contribution < -0.4 is 4.72 Å². The fourth-order valence-electron chi connectivity index (χ4n) is 0.934. The zero-order valence-electron chi connectivity index (χ0n) is 9.49. The highest BCUT2D eigenvalue weighted by atomic mass is 79.9. The van der Waals surface area contributed by atoms with E-state index in [-0.39, 0.29) is 10.3 Å². The molecule has 1 aromatic rings. The number of nitrogens with zero attached hydrogens (tertiary/aromatic N) is 1. The lowest BCUT2D eigenvalue weighted by Crippen LogP contribution is -2.32. The monoisotopic (exact) mass is 306 g/mol. The van der Waals surface area contributed by atoms with Gasteiger partial charge in [-0.15, -0.1) is 0 Å². The van der Waals surface area contributed by atoms with E-state index in [1.165, 1.54) is 12.3 Å². The minimum absolute atomic E-state index is 0.0908. The zero-order valence-corrected chi connectivity index (χ0v) is 11.9. The van der Waals surface area contributed by atoms with Gasteiger partial charge in [-0.25, -0.2) is 13.1 Å². The molecule has 0 fully saturated rings. The van der Waals surface area contributed by atoms with Gasteiger partial charge < -0.3 is 0 Å². The van der Waals surface area contributed by atoms with Crippen molar-refractivity contribution in [2.45, 2.75) is 25.7 Å². The summed E-state index contributed by atoms with van der Waals surface area (Å²) in [5.74, 6) is 0. The van der Waals surface area contributed by atoms with E-state index in [1.807, 2.05) is 20.8 Å². The highest BCUT2D eigenvalue weighted by Crippen LogP contribution is 2.16. The second-order valence-electron chi connectivity index (χ2n) is 4.72. The first-order chi connectivity index (χ1) is 7.21. The normalized spacial score (nSPS) is 12.8. The fourth-order valence-corrected chi connectivity index (χ4v) is 2.72. The predicted molar refractivity (Wildman–Crippen MR) is 66.6 cm³/mol. The number of hydrogen-bond acceptors (Lipinski definition) is 3. The summed E-state index contributed by atoms with van der Waals surface area (Å²) >= 11 is 3.19. The summed E-state index contributed by atoms with van der Waals surface area (Å²) in [4.78, 5) is 4.00. The average molecular weight is 307 g/mol. The van der Waals surface area contributed by atoms with Crippen molar-refractivity contribution in [3.63, 3.8) is 0 Å². The Morgan fingerprint density at radius 3 is 2.50 bits per heavy atom. The van der Waals surface area contributed by atoms with E-state index >= 15 is 0 Å². The summed E-state index contributed by atoms with van der Waals surface area (Å²) in [7, 11) is -3.46. The Balaban J connectivity index is 2.87. The maximum absolute atomic E-state index is 11.9. The zero-order chi connectivity index (χ0) is 12.4. The van der Waals surface area contributed by atoms with Crippen LogP contribution in [0.25, 0.3) is 0 Å². The SMILES string of the molecule is CC(C)(C)CNS(=O)(=O)c1cncc(Br)c1. The van der Waals surface area contributed by atoms with Gasteiger partial charge in [0.2, 0.25) is 10.0 Å². The minimum atomic E-state index is -3.46. The Labute approximate surface area is 105 Å². The summed E-state index contributed by atoms with van der Waals surface area (Å²) in [6.07, 6.45) is 2.87. The molecule has 4 nitrogen and oxygen atoms in total. The first-order valence-corrected chi connectivity index (χ1v) is 7.08. The van der Waals surface area contributed by atoms with Crippen LogP contribution in [0.2, 0.25) is 0 Å². The average Bonchev–Trinajstić information content (AvgIpc) is 2.14. The van der Waals surface area contributed by atoms with Crippen molar-refractivity contribution in [2.24, 2.45) is 5.41 Å². The summed E-state index contributed by atoms with van der Waals surface area (Å²) in [5.41, 5.74) is -0.0908. The van der Waals surface area contributed by atoms with E-state index < -0.39 is 10.0 Å². The van der Waals surface area contributed by atoms with Gasteiger partial charge in [-0.1, -0.05) is 20.8 Å². The Morgan fingerprint density at radius 1 is 1.38 bits per heavy atom. The Hall–Kier alpha value is -0.460. The van der Waals surface area contributed by atoms with E-state index in [9.17, 15) is 8.42 Å². The molecule has 0 bridgehead atoms. The van der Waals surface area contributed by atoms with Gasteiger partial charge in [0, 0.05) is 23.4 Å². The predicted octanol–water partition coefficient (Wildman–Crippen LogP) is 2.17. The molecule has 0 spiro atoms. The molecule has 90 valence electrons. The van der Waals surface area contributed by atoms with Crippen molar-refractivity contribution in [1.82, 2.24) is 9.71 Å². The van der Waals surface area contributed by atoms with Crippen LogP contribution in [-0.2, 0) is 10.0 Å². The van der Waals surface area contributed by atoms with Crippen LogP contribution in [0.5, 0.6) is 0 Å². The quantitative estimate of drug-likeness (QED) is 0.931. The third-order valence-electron chi connectivity index (χ3n) is 1.78. The number of rotatable bonds is 3. The number of pyridine rings is 1. The van der Waals surface area contributed by atoms with Gasteiger partial charge >= 0.3 is 0 Å². The first kappa shape index (κ1) is 13.6. The van der Waals surface area contributed by atoms with Gasteiger partial charge in [-0.05, 0) is 27.4 Å². The maximum Gasteiger partial charge on any atom is 0.242 e. The molecular formula is C10H15BrN2O2S. The number of hydrogen-bond donors (Lipinski definition) is 1. The van der Waals surface area contributed by atoms with Crippen molar-refractivity contribution < 1.29 is 8.42 Å². The van der Waals surface area contributed by atoms with Crippen molar-refractivity contribution in [3.8, 4) is 0 Å². The summed E-state index contributed by atoms with van der Waals surface area (Å²) in [6, 6.07) is 1.53. The Kier molecular flexibility index (Phi) is 4.09. The van der Waals surface area contributed by atoms with E-state index in [1.54, 1.807) is 6.20 Å². The molecule has 0 radical (unpaired) electrons. The van der Waals surface area contributed by atoms with Gasteiger partial charge in [0.05, 0.1) is 0 Å². The van der Waals surface area contributed by atoms with Crippen LogP contribution in [0.1, 0.15) is 20.8 Å². The lowest BCUT2D eigenvalue weighted by molar-refractivity contribution is 0.407. The summed E-state index contributed by atoms with van der Waals surface area (Å²) in [5, 5.41) is 0. The number of aromatic nitrogens is 1. The summed E-state index contributed by atoms with van der Waals surface area (Å²) in [6.45, 7) is 6.29. The number of nitrogens with one attached hydrogen (secondary N) is 1. The number of sulfonamides is 1. The molecule has 1 N–H and O–H groups in total. The molecule has 0 saturated heterocycles. The molecule has 6 heteroatoms. The van der Waals surface area contributed by atoms with Gasteiger partial charge in [0.15, 0.2) is 0 Å². The Morgan fingerprint density at radius 2 is 2.00 bits per heavy atom. The van der Waals surface area contributed by atoms with Crippen LogP contribution in [0, 0.1) is 5.41 Å². The standard InChI is InChI=1S/C10H15BrN2O2S/c1-10(2,3)7-13-16(14,15)9-4-8(11)5-12-6-9/h4-6,13H,7H2,1-3H3. The van der Waals surface area contributed by atoms with Crippen LogP contribution in [-0.4, -0.2) is 19.9 Å². The van der Waals surface area contributed by atoms with Crippen molar-refractivity contribution in [2.75, 3.05) is 6.54 Å². The molecular weight excluding hydrogens is 292 g/mol. The highest BCUT2D eigenvalue weighted by Gasteiger charge is 2.18. The third-order valence-corrected chi connectivity index (χ3v) is 3.58. The largest absolute Gasteiger partial charge is 0.262 e. The van der Waals surface area contributed by atoms with E-state index in [4.69, 9.17) is 0 Å².